The molecule has 112 valence electrons. The molecule has 1 aromatic heterocycles. The zero-order valence-electron chi connectivity index (χ0n) is 11.2. The first-order valence-electron chi connectivity index (χ1n) is 6.38. The molecule has 5 nitrogen and oxygen atoms in total. The number of ether oxygens (including phenoxy) is 1. The Morgan fingerprint density at radius 3 is 2.40 bits per heavy atom. The van der Waals surface area contributed by atoms with Crippen LogP contribution in [0.4, 0.5) is 13.2 Å². The van der Waals surface area contributed by atoms with Crippen LogP contribution in [0.15, 0.2) is 12.4 Å². The Labute approximate surface area is 115 Å². The van der Waals surface area contributed by atoms with Crippen LogP contribution in [-0.2, 0) is 10.9 Å². The number of alkyl halides is 3. The molecule has 0 radical (unpaired) electrons. The number of nitrogens with zero attached hydrogens (tertiary/aromatic N) is 3. The molecule has 0 amide bonds. The van der Waals surface area contributed by atoms with E-state index in [9.17, 15) is 13.2 Å². The van der Waals surface area contributed by atoms with Crippen LogP contribution >= 0.6 is 0 Å². The van der Waals surface area contributed by atoms with E-state index in [1.54, 1.807) is 7.05 Å². The van der Waals surface area contributed by atoms with Gasteiger partial charge in [0.25, 0.3) is 0 Å². The fourth-order valence-corrected chi connectivity index (χ4v) is 2.20. The van der Waals surface area contributed by atoms with E-state index < -0.39 is 12.0 Å². The Hall–Kier alpha value is -1.25. The Bertz CT molecular complexity index is 418. The summed E-state index contributed by atoms with van der Waals surface area (Å²) in [6.45, 7) is 3.36. The maximum atomic E-state index is 12.5. The predicted octanol–water partition coefficient (Wildman–Crippen LogP) is 1.09. The van der Waals surface area contributed by atoms with Gasteiger partial charge in [-0.3, -0.25) is 4.90 Å². The van der Waals surface area contributed by atoms with Crippen LogP contribution < -0.4 is 5.32 Å². The number of aromatic nitrogens is 2. The zero-order chi connectivity index (χ0) is 14.6. The van der Waals surface area contributed by atoms with Crippen molar-refractivity contribution in [3.63, 3.8) is 0 Å². The molecule has 0 aromatic carbocycles. The van der Waals surface area contributed by atoms with Crippen LogP contribution in [0.2, 0.25) is 0 Å². The highest BCUT2D eigenvalue weighted by Gasteiger charge is 2.34. The van der Waals surface area contributed by atoms with E-state index in [1.165, 1.54) is 12.4 Å². The van der Waals surface area contributed by atoms with Crippen molar-refractivity contribution in [1.29, 1.82) is 0 Å². The van der Waals surface area contributed by atoms with Crippen molar-refractivity contribution in [2.24, 2.45) is 0 Å². The highest BCUT2D eigenvalue weighted by Crippen LogP contribution is 2.27. The van der Waals surface area contributed by atoms with Crippen LogP contribution in [0, 0.1) is 0 Å². The molecule has 1 aliphatic heterocycles. The van der Waals surface area contributed by atoms with Crippen molar-refractivity contribution in [2.45, 2.75) is 12.2 Å². The third kappa shape index (κ3) is 3.65. The minimum atomic E-state index is -4.50. The van der Waals surface area contributed by atoms with E-state index in [-0.39, 0.29) is 6.04 Å². The maximum Gasteiger partial charge on any atom is 0.451 e. The average Bonchev–Trinajstić information content (AvgIpc) is 2.45. The molecule has 1 aliphatic rings. The third-order valence-electron chi connectivity index (χ3n) is 3.19. The Morgan fingerprint density at radius 2 is 1.90 bits per heavy atom. The van der Waals surface area contributed by atoms with Gasteiger partial charge in [0.05, 0.1) is 19.3 Å². The fraction of sp³-hybridized carbons (Fsp3) is 0.667. The second-order valence-electron chi connectivity index (χ2n) is 4.56. The van der Waals surface area contributed by atoms with Gasteiger partial charge in [-0.1, -0.05) is 0 Å². The van der Waals surface area contributed by atoms with Crippen LogP contribution in [0.1, 0.15) is 17.4 Å². The highest BCUT2D eigenvalue weighted by atomic mass is 19.4. The van der Waals surface area contributed by atoms with E-state index in [4.69, 9.17) is 4.74 Å². The lowest BCUT2D eigenvalue weighted by Gasteiger charge is -2.34. The zero-order valence-corrected chi connectivity index (χ0v) is 11.2. The second kappa shape index (κ2) is 6.47. The molecular formula is C12H17F3N4O. The summed E-state index contributed by atoms with van der Waals surface area (Å²) in [5.74, 6) is -1.11. The molecule has 0 spiro atoms. The summed E-state index contributed by atoms with van der Waals surface area (Å²) in [5, 5.41) is 3.05. The van der Waals surface area contributed by atoms with Crippen molar-refractivity contribution in [2.75, 3.05) is 39.9 Å². The standard InChI is InChI=1S/C12H17F3N4O/c1-16-8-10(19-2-4-20-5-3-19)9-6-17-11(18-7-9)12(13,14)15/h6-7,10,16H,2-5,8H2,1H3. The van der Waals surface area contributed by atoms with Crippen molar-refractivity contribution in [3.05, 3.63) is 23.8 Å². The number of likely N-dealkylation sites (N-methyl/N-ethyl adjacent to an activating group) is 1. The van der Waals surface area contributed by atoms with Crippen LogP contribution in [-0.4, -0.2) is 54.8 Å². The van der Waals surface area contributed by atoms with Gasteiger partial charge in [0, 0.05) is 37.6 Å². The molecule has 1 aromatic rings. The first-order valence-corrected chi connectivity index (χ1v) is 6.38. The molecular weight excluding hydrogens is 273 g/mol. The monoisotopic (exact) mass is 290 g/mol. The van der Waals surface area contributed by atoms with Gasteiger partial charge < -0.3 is 10.1 Å². The maximum absolute atomic E-state index is 12.5. The van der Waals surface area contributed by atoms with Gasteiger partial charge in [-0.25, -0.2) is 9.97 Å². The molecule has 1 atom stereocenters. The second-order valence-corrected chi connectivity index (χ2v) is 4.56. The van der Waals surface area contributed by atoms with Crippen molar-refractivity contribution < 1.29 is 17.9 Å². The molecule has 1 unspecified atom stereocenters. The van der Waals surface area contributed by atoms with E-state index >= 15 is 0 Å². The third-order valence-corrected chi connectivity index (χ3v) is 3.19. The first-order chi connectivity index (χ1) is 9.52. The van der Waals surface area contributed by atoms with Gasteiger partial charge in [0.2, 0.25) is 5.82 Å². The average molecular weight is 290 g/mol. The lowest BCUT2D eigenvalue weighted by atomic mass is 10.1. The Kier molecular flexibility index (Phi) is 4.90. The van der Waals surface area contributed by atoms with Crippen LogP contribution in [0.3, 0.4) is 0 Å². The van der Waals surface area contributed by atoms with Crippen molar-refractivity contribution in [1.82, 2.24) is 20.2 Å². The summed E-state index contributed by atoms with van der Waals surface area (Å²) in [4.78, 5) is 9.01. The highest BCUT2D eigenvalue weighted by molar-refractivity contribution is 5.13. The van der Waals surface area contributed by atoms with Gasteiger partial charge in [-0.05, 0) is 7.05 Å². The minimum Gasteiger partial charge on any atom is -0.379 e. The van der Waals surface area contributed by atoms with Crippen LogP contribution in [0.5, 0.6) is 0 Å². The molecule has 2 heterocycles. The summed E-state index contributed by atoms with van der Waals surface area (Å²) in [6.07, 6.45) is -1.99. The summed E-state index contributed by atoms with van der Waals surface area (Å²) in [5.41, 5.74) is 0.675. The molecule has 1 fully saturated rings. The summed E-state index contributed by atoms with van der Waals surface area (Å²) >= 11 is 0. The number of morpholine rings is 1. The summed E-state index contributed by atoms with van der Waals surface area (Å²) in [7, 11) is 1.80. The summed E-state index contributed by atoms with van der Waals surface area (Å²) < 4.78 is 42.7. The van der Waals surface area contributed by atoms with Gasteiger partial charge in [-0.15, -0.1) is 0 Å². The Balaban J connectivity index is 2.16. The number of hydrogen-bond donors (Lipinski definition) is 1. The van der Waals surface area contributed by atoms with Crippen molar-refractivity contribution >= 4 is 0 Å². The lowest BCUT2D eigenvalue weighted by molar-refractivity contribution is -0.145. The SMILES string of the molecule is CNCC(c1cnc(C(F)(F)F)nc1)N1CCOCC1. The topological polar surface area (TPSA) is 50.3 Å². The molecule has 0 bridgehead atoms. The van der Waals surface area contributed by atoms with Gasteiger partial charge in [0.15, 0.2) is 0 Å². The normalized spacial score (nSPS) is 19.0. The molecule has 2 rings (SSSR count). The largest absolute Gasteiger partial charge is 0.451 e. The van der Waals surface area contributed by atoms with Gasteiger partial charge in [-0.2, -0.15) is 13.2 Å². The quantitative estimate of drug-likeness (QED) is 0.899. The number of nitrogens with one attached hydrogen (secondary N) is 1. The molecule has 1 N–H and O–H groups in total. The van der Waals surface area contributed by atoms with Crippen LogP contribution in [0.25, 0.3) is 0 Å². The molecule has 0 aliphatic carbocycles. The number of hydrogen-bond acceptors (Lipinski definition) is 5. The summed E-state index contributed by atoms with van der Waals surface area (Å²) in [6, 6.07) is -0.0498. The van der Waals surface area contributed by atoms with E-state index in [0.717, 1.165) is 13.1 Å². The molecule has 0 saturated carbocycles. The van der Waals surface area contributed by atoms with Gasteiger partial charge in [0.1, 0.15) is 0 Å². The molecule has 20 heavy (non-hydrogen) atoms. The lowest BCUT2D eigenvalue weighted by Crippen LogP contribution is -2.42. The van der Waals surface area contributed by atoms with E-state index in [1.807, 2.05) is 0 Å². The minimum absolute atomic E-state index is 0.0498. The van der Waals surface area contributed by atoms with E-state index in [2.05, 4.69) is 20.2 Å². The van der Waals surface area contributed by atoms with Gasteiger partial charge >= 0.3 is 6.18 Å². The Morgan fingerprint density at radius 1 is 1.30 bits per heavy atom. The molecule has 8 heteroatoms. The smallest absolute Gasteiger partial charge is 0.379 e. The van der Waals surface area contributed by atoms with Crippen molar-refractivity contribution in [3.8, 4) is 0 Å². The predicted molar refractivity (Wildman–Crippen MR) is 66.1 cm³/mol. The van der Waals surface area contributed by atoms with E-state index in [0.29, 0.717) is 25.3 Å². The number of rotatable bonds is 4. The fourth-order valence-electron chi connectivity index (χ4n) is 2.20. The molecule has 1 saturated heterocycles. The number of halogens is 3. The first kappa shape index (κ1) is 15.1.